The van der Waals surface area contributed by atoms with Crippen molar-refractivity contribution < 1.29 is 9.59 Å². The summed E-state index contributed by atoms with van der Waals surface area (Å²) in [6, 6.07) is 9.09. The van der Waals surface area contributed by atoms with Gasteiger partial charge in [0.1, 0.15) is 0 Å². The monoisotopic (exact) mass is 217 g/mol. The highest BCUT2D eigenvalue weighted by Gasteiger charge is 2.24. The van der Waals surface area contributed by atoms with Crippen LogP contribution in [0.15, 0.2) is 30.3 Å². The van der Waals surface area contributed by atoms with Gasteiger partial charge >= 0.3 is 6.41 Å². The van der Waals surface area contributed by atoms with Gasteiger partial charge in [-0.2, -0.15) is 0 Å². The third-order valence-corrected chi connectivity index (χ3v) is 2.63. The molecule has 0 N–H and O–H groups in total. The minimum absolute atomic E-state index is 0.0153. The summed E-state index contributed by atoms with van der Waals surface area (Å²) in [4.78, 5) is 22.6. The van der Waals surface area contributed by atoms with Crippen molar-refractivity contribution in [2.24, 2.45) is 0 Å². The summed E-state index contributed by atoms with van der Waals surface area (Å²) in [6.07, 6.45) is 4.14. The molecule has 1 aliphatic rings. The SMILES string of the molecule is O=[C]N(c1ccccc1)N1CCCCC1=O. The van der Waals surface area contributed by atoms with Crippen LogP contribution in [0, 0.1) is 0 Å². The summed E-state index contributed by atoms with van der Waals surface area (Å²) in [5, 5.41) is 2.73. The van der Waals surface area contributed by atoms with E-state index >= 15 is 0 Å². The molecule has 0 unspecified atom stereocenters. The van der Waals surface area contributed by atoms with Crippen LogP contribution in [-0.4, -0.2) is 23.9 Å². The van der Waals surface area contributed by atoms with Crippen LogP contribution in [0.1, 0.15) is 19.3 Å². The summed E-state index contributed by atoms with van der Waals surface area (Å²) in [5.41, 5.74) is 0.674. The molecular weight excluding hydrogens is 204 g/mol. The molecule has 1 aromatic rings. The first-order valence-electron chi connectivity index (χ1n) is 5.36. The normalized spacial score (nSPS) is 16.0. The molecule has 1 aliphatic heterocycles. The Kier molecular flexibility index (Phi) is 3.19. The average Bonchev–Trinajstić information content (AvgIpc) is 2.34. The molecule has 1 heterocycles. The molecule has 1 fully saturated rings. The lowest BCUT2D eigenvalue weighted by atomic mass is 10.1. The van der Waals surface area contributed by atoms with Crippen molar-refractivity contribution in [3.63, 3.8) is 0 Å². The lowest BCUT2D eigenvalue weighted by Gasteiger charge is -2.33. The second-order valence-corrected chi connectivity index (χ2v) is 3.71. The second-order valence-electron chi connectivity index (χ2n) is 3.71. The number of piperidine rings is 1. The molecule has 2 amide bonds. The standard InChI is InChI=1S/C12H13N2O2/c15-10-14(11-6-2-1-3-7-11)13-9-5-4-8-12(13)16/h1-3,6-7H,4-5,8-9H2. The Morgan fingerprint density at radius 2 is 1.94 bits per heavy atom. The van der Waals surface area contributed by atoms with Crippen molar-refractivity contribution in [3.8, 4) is 0 Å². The van der Waals surface area contributed by atoms with Gasteiger partial charge in [0.2, 0.25) is 5.91 Å². The predicted molar refractivity (Wildman–Crippen MR) is 60.2 cm³/mol. The minimum Gasteiger partial charge on any atom is -0.273 e. The maximum absolute atomic E-state index is 11.7. The van der Waals surface area contributed by atoms with E-state index in [0.717, 1.165) is 12.8 Å². The number of para-hydroxylation sites is 1. The van der Waals surface area contributed by atoms with Gasteiger partial charge in [-0.1, -0.05) is 18.2 Å². The molecule has 1 aromatic carbocycles. The van der Waals surface area contributed by atoms with Crippen molar-refractivity contribution >= 4 is 18.0 Å². The van der Waals surface area contributed by atoms with Crippen LogP contribution in [0.4, 0.5) is 5.69 Å². The van der Waals surface area contributed by atoms with Gasteiger partial charge in [0, 0.05) is 13.0 Å². The highest BCUT2D eigenvalue weighted by Crippen LogP contribution is 2.19. The van der Waals surface area contributed by atoms with Crippen molar-refractivity contribution in [3.05, 3.63) is 30.3 Å². The molecule has 0 atom stereocenters. The molecule has 0 bridgehead atoms. The van der Waals surface area contributed by atoms with E-state index in [1.807, 2.05) is 18.2 Å². The number of benzene rings is 1. The number of anilines is 1. The van der Waals surface area contributed by atoms with Gasteiger partial charge in [0.05, 0.1) is 5.69 Å². The zero-order valence-corrected chi connectivity index (χ0v) is 8.93. The fraction of sp³-hybridized carbons (Fsp3) is 0.333. The summed E-state index contributed by atoms with van der Waals surface area (Å²) >= 11 is 0. The molecule has 1 radical (unpaired) electrons. The van der Waals surface area contributed by atoms with E-state index in [4.69, 9.17) is 0 Å². The first kappa shape index (κ1) is 10.7. The lowest BCUT2D eigenvalue weighted by Crippen LogP contribution is -2.48. The topological polar surface area (TPSA) is 40.6 Å². The third-order valence-electron chi connectivity index (χ3n) is 2.63. The quantitative estimate of drug-likeness (QED) is 0.720. The average molecular weight is 217 g/mol. The Hall–Kier alpha value is -1.84. The smallest absolute Gasteiger partial charge is 0.273 e. The van der Waals surface area contributed by atoms with Crippen molar-refractivity contribution in [1.29, 1.82) is 0 Å². The molecule has 16 heavy (non-hydrogen) atoms. The number of hydrazine groups is 1. The van der Waals surface area contributed by atoms with Gasteiger partial charge in [0.15, 0.2) is 0 Å². The number of nitrogens with zero attached hydrogens (tertiary/aromatic N) is 2. The molecule has 0 saturated carbocycles. The lowest BCUT2D eigenvalue weighted by molar-refractivity contribution is -0.133. The third kappa shape index (κ3) is 2.05. The van der Waals surface area contributed by atoms with Crippen LogP contribution in [0.2, 0.25) is 0 Å². The number of hydrogen-bond donors (Lipinski definition) is 0. The van der Waals surface area contributed by atoms with Gasteiger partial charge in [-0.15, -0.1) is 0 Å². The summed E-state index contributed by atoms with van der Waals surface area (Å²) in [5.74, 6) is -0.0153. The summed E-state index contributed by atoms with van der Waals surface area (Å²) < 4.78 is 0. The van der Waals surface area contributed by atoms with Gasteiger partial charge in [-0.3, -0.25) is 9.59 Å². The van der Waals surface area contributed by atoms with Crippen molar-refractivity contribution in [1.82, 2.24) is 5.01 Å². The second kappa shape index (κ2) is 4.79. The first-order chi connectivity index (χ1) is 7.83. The molecule has 83 valence electrons. The van der Waals surface area contributed by atoms with E-state index in [1.54, 1.807) is 18.5 Å². The highest BCUT2D eigenvalue weighted by atomic mass is 16.2. The Bertz CT molecular complexity index is 378. The fourth-order valence-corrected chi connectivity index (χ4v) is 1.81. The molecule has 4 heteroatoms. The van der Waals surface area contributed by atoms with E-state index in [0.29, 0.717) is 18.7 Å². The molecule has 1 saturated heterocycles. The van der Waals surface area contributed by atoms with E-state index < -0.39 is 0 Å². The van der Waals surface area contributed by atoms with Crippen molar-refractivity contribution in [2.75, 3.05) is 11.6 Å². The van der Waals surface area contributed by atoms with Crippen LogP contribution in [0.3, 0.4) is 0 Å². The Morgan fingerprint density at radius 3 is 2.56 bits per heavy atom. The largest absolute Gasteiger partial charge is 0.337 e. The first-order valence-corrected chi connectivity index (χ1v) is 5.36. The predicted octanol–water partition coefficient (Wildman–Crippen LogP) is 1.49. The molecular formula is C12H13N2O2. The Balaban J connectivity index is 2.22. The zero-order valence-electron chi connectivity index (χ0n) is 8.93. The number of hydrogen-bond acceptors (Lipinski definition) is 2. The van der Waals surface area contributed by atoms with Gasteiger partial charge in [-0.25, -0.2) is 10.0 Å². The highest BCUT2D eigenvalue weighted by molar-refractivity contribution is 5.85. The fourth-order valence-electron chi connectivity index (χ4n) is 1.81. The number of carbonyl (C=O) groups is 1. The van der Waals surface area contributed by atoms with Crippen LogP contribution < -0.4 is 5.01 Å². The molecule has 0 aliphatic carbocycles. The van der Waals surface area contributed by atoms with Crippen molar-refractivity contribution in [2.45, 2.75) is 19.3 Å². The Morgan fingerprint density at radius 1 is 1.19 bits per heavy atom. The maximum atomic E-state index is 11.7. The van der Waals surface area contributed by atoms with Crippen LogP contribution >= 0.6 is 0 Å². The van der Waals surface area contributed by atoms with E-state index in [2.05, 4.69) is 0 Å². The Labute approximate surface area is 94.4 Å². The number of amides is 2. The van der Waals surface area contributed by atoms with Crippen LogP contribution in [-0.2, 0) is 9.59 Å². The summed E-state index contributed by atoms with van der Waals surface area (Å²) in [7, 11) is 0. The zero-order chi connectivity index (χ0) is 11.4. The van der Waals surface area contributed by atoms with E-state index in [-0.39, 0.29) is 5.91 Å². The van der Waals surface area contributed by atoms with Gasteiger partial charge < -0.3 is 0 Å². The molecule has 2 rings (SSSR count). The van der Waals surface area contributed by atoms with Gasteiger partial charge in [-0.05, 0) is 25.0 Å². The summed E-state index contributed by atoms with van der Waals surface area (Å²) in [6.45, 7) is 0.586. The number of rotatable bonds is 3. The molecule has 0 spiro atoms. The van der Waals surface area contributed by atoms with E-state index in [9.17, 15) is 9.59 Å². The van der Waals surface area contributed by atoms with E-state index in [1.165, 1.54) is 10.0 Å². The maximum Gasteiger partial charge on any atom is 0.337 e. The van der Waals surface area contributed by atoms with Crippen LogP contribution in [0.5, 0.6) is 0 Å². The number of carbonyl (C=O) groups excluding carboxylic acids is 2. The van der Waals surface area contributed by atoms with Crippen LogP contribution in [0.25, 0.3) is 0 Å². The van der Waals surface area contributed by atoms with Gasteiger partial charge in [0.25, 0.3) is 0 Å². The molecule has 4 nitrogen and oxygen atoms in total. The molecule has 0 aromatic heterocycles. The minimum atomic E-state index is -0.0153.